The van der Waals surface area contributed by atoms with Gasteiger partial charge in [-0.1, -0.05) is 0 Å². The van der Waals surface area contributed by atoms with E-state index in [0.29, 0.717) is 6.04 Å². The monoisotopic (exact) mass is 340 g/mol. The molecule has 4 heterocycles. The van der Waals surface area contributed by atoms with Gasteiger partial charge in [-0.05, 0) is 46.7 Å². The lowest BCUT2D eigenvalue weighted by Crippen LogP contribution is -2.51. The first-order chi connectivity index (χ1) is 12.0. The van der Waals surface area contributed by atoms with E-state index in [9.17, 15) is 0 Å². The van der Waals surface area contributed by atoms with Gasteiger partial charge in [0, 0.05) is 50.0 Å². The van der Waals surface area contributed by atoms with Gasteiger partial charge in [-0.3, -0.25) is 4.90 Å². The number of aromatic nitrogens is 4. The Morgan fingerprint density at radius 1 is 1.12 bits per heavy atom. The van der Waals surface area contributed by atoms with Crippen LogP contribution in [0.1, 0.15) is 49.9 Å². The topological polar surface area (TPSA) is 50.1 Å². The van der Waals surface area contributed by atoms with E-state index in [2.05, 4.69) is 52.2 Å². The lowest BCUT2D eigenvalue weighted by molar-refractivity contribution is 0.172. The molecule has 0 aromatic carbocycles. The van der Waals surface area contributed by atoms with Gasteiger partial charge in [0.15, 0.2) is 0 Å². The van der Waals surface area contributed by atoms with Gasteiger partial charge in [0.1, 0.15) is 5.82 Å². The first kappa shape index (κ1) is 16.5. The molecule has 0 saturated carbocycles. The molecular weight excluding hydrogens is 312 g/mol. The fourth-order valence-electron chi connectivity index (χ4n) is 4.74. The molecule has 2 aliphatic rings. The van der Waals surface area contributed by atoms with Crippen LogP contribution in [0, 0.1) is 6.92 Å². The van der Waals surface area contributed by atoms with Crippen LogP contribution < -0.4 is 4.90 Å². The number of hydrogen-bond donors (Lipinski definition) is 0. The molecule has 134 valence electrons. The van der Waals surface area contributed by atoms with Gasteiger partial charge in [0.05, 0.1) is 11.4 Å². The minimum Gasteiger partial charge on any atom is -0.341 e. The minimum absolute atomic E-state index is 0.165. The molecule has 4 rings (SSSR count). The zero-order valence-electron chi connectivity index (χ0n) is 15.7. The third-order valence-corrected chi connectivity index (χ3v) is 5.75. The minimum atomic E-state index is 0.165. The van der Waals surface area contributed by atoms with Crippen molar-refractivity contribution < 1.29 is 0 Å². The van der Waals surface area contributed by atoms with Crippen LogP contribution in [0.2, 0.25) is 0 Å². The maximum absolute atomic E-state index is 5.07. The maximum Gasteiger partial charge on any atom is 0.225 e. The number of nitrogens with zero attached hydrogens (tertiary/aromatic N) is 6. The Balaban J connectivity index is 1.65. The summed E-state index contributed by atoms with van der Waals surface area (Å²) in [5.41, 5.74) is 2.94. The lowest BCUT2D eigenvalue weighted by Gasteiger charge is -2.46. The molecule has 1 fully saturated rings. The van der Waals surface area contributed by atoms with Crippen molar-refractivity contribution in [3.8, 4) is 0 Å². The highest BCUT2D eigenvalue weighted by atomic mass is 15.3. The number of likely N-dealkylation sites (N-methyl/N-ethyl adjacent to an activating group) is 1. The largest absolute Gasteiger partial charge is 0.341 e. The van der Waals surface area contributed by atoms with Gasteiger partial charge < -0.3 is 9.47 Å². The molecule has 0 radical (unpaired) electrons. The number of anilines is 1. The highest BCUT2D eigenvalue weighted by molar-refractivity contribution is 5.36. The summed E-state index contributed by atoms with van der Waals surface area (Å²) in [6.45, 7) is 10.7. The summed E-state index contributed by atoms with van der Waals surface area (Å²) in [7, 11) is 2.24. The van der Waals surface area contributed by atoms with E-state index in [4.69, 9.17) is 4.98 Å². The van der Waals surface area contributed by atoms with Crippen molar-refractivity contribution in [3.63, 3.8) is 0 Å². The van der Waals surface area contributed by atoms with Gasteiger partial charge in [-0.25, -0.2) is 15.0 Å². The SMILES string of the molecule is Cc1nc2c(n1C(C)C)CN(C)CC21CCN(c2ncccn2)CC1. The molecule has 0 bridgehead atoms. The molecule has 0 atom stereocenters. The molecule has 0 unspecified atom stereocenters. The summed E-state index contributed by atoms with van der Waals surface area (Å²) in [5.74, 6) is 2.01. The third-order valence-electron chi connectivity index (χ3n) is 5.75. The van der Waals surface area contributed by atoms with E-state index < -0.39 is 0 Å². The Morgan fingerprint density at radius 3 is 2.44 bits per heavy atom. The molecule has 2 aromatic rings. The predicted octanol–water partition coefficient (Wildman–Crippen LogP) is 2.55. The van der Waals surface area contributed by atoms with Crippen molar-refractivity contribution in [1.82, 2.24) is 24.4 Å². The second-order valence-corrected chi connectivity index (χ2v) is 7.91. The standard InChI is InChI=1S/C19H28N6/c1-14(2)25-15(3)22-17-16(25)12-23(4)13-19(17)6-10-24(11-7-19)18-20-8-5-9-21-18/h5,8-9,14H,6-7,10-13H2,1-4H3. The zero-order valence-corrected chi connectivity index (χ0v) is 15.7. The van der Waals surface area contributed by atoms with Crippen molar-refractivity contribution in [1.29, 1.82) is 0 Å². The number of fused-ring (bicyclic) bond motifs is 2. The van der Waals surface area contributed by atoms with Crippen LogP contribution in [-0.2, 0) is 12.0 Å². The van der Waals surface area contributed by atoms with Gasteiger partial charge in [-0.2, -0.15) is 0 Å². The van der Waals surface area contributed by atoms with E-state index in [-0.39, 0.29) is 5.41 Å². The van der Waals surface area contributed by atoms with Gasteiger partial charge in [-0.15, -0.1) is 0 Å². The van der Waals surface area contributed by atoms with Gasteiger partial charge in [0.25, 0.3) is 0 Å². The van der Waals surface area contributed by atoms with Crippen molar-refractivity contribution in [2.24, 2.45) is 0 Å². The Hall–Kier alpha value is -1.95. The number of rotatable bonds is 2. The number of imidazole rings is 1. The molecule has 25 heavy (non-hydrogen) atoms. The second kappa shape index (κ2) is 6.09. The molecule has 0 aliphatic carbocycles. The van der Waals surface area contributed by atoms with Crippen LogP contribution in [0.15, 0.2) is 18.5 Å². The Labute approximate surface area is 149 Å². The average Bonchev–Trinajstić information content (AvgIpc) is 2.93. The lowest BCUT2D eigenvalue weighted by atomic mass is 9.72. The molecular formula is C19H28N6. The summed E-state index contributed by atoms with van der Waals surface area (Å²) in [5, 5.41) is 0. The molecule has 6 heteroatoms. The van der Waals surface area contributed by atoms with Crippen LogP contribution in [0.4, 0.5) is 5.95 Å². The van der Waals surface area contributed by atoms with Crippen LogP contribution in [0.5, 0.6) is 0 Å². The highest BCUT2D eigenvalue weighted by Gasteiger charge is 2.44. The normalized spacial score (nSPS) is 20.3. The molecule has 2 aromatic heterocycles. The van der Waals surface area contributed by atoms with Gasteiger partial charge >= 0.3 is 0 Å². The Kier molecular flexibility index (Phi) is 4.02. The molecule has 0 N–H and O–H groups in total. The zero-order chi connectivity index (χ0) is 17.6. The van der Waals surface area contributed by atoms with Crippen molar-refractivity contribution in [2.45, 2.75) is 51.6 Å². The van der Waals surface area contributed by atoms with E-state index in [0.717, 1.165) is 50.8 Å². The van der Waals surface area contributed by atoms with E-state index in [1.807, 2.05) is 18.5 Å². The van der Waals surface area contributed by atoms with Crippen LogP contribution in [-0.4, -0.2) is 51.1 Å². The predicted molar refractivity (Wildman–Crippen MR) is 98.8 cm³/mol. The van der Waals surface area contributed by atoms with Crippen LogP contribution in [0.25, 0.3) is 0 Å². The molecule has 1 saturated heterocycles. The van der Waals surface area contributed by atoms with E-state index >= 15 is 0 Å². The van der Waals surface area contributed by atoms with Crippen molar-refractivity contribution in [2.75, 3.05) is 31.6 Å². The van der Waals surface area contributed by atoms with Gasteiger partial charge in [0.2, 0.25) is 5.95 Å². The fourth-order valence-corrected chi connectivity index (χ4v) is 4.74. The summed E-state index contributed by atoms with van der Waals surface area (Å²) in [6, 6.07) is 2.33. The summed E-state index contributed by atoms with van der Waals surface area (Å²) < 4.78 is 2.43. The number of hydrogen-bond acceptors (Lipinski definition) is 5. The highest BCUT2D eigenvalue weighted by Crippen LogP contribution is 2.42. The van der Waals surface area contributed by atoms with Crippen LogP contribution >= 0.6 is 0 Å². The summed E-state index contributed by atoms with van der Waals surface area (Å²) in [6.07, 6.45) is 5.87. The second-order valence-electron chi connectivity index (χ2n) is 7.91. The molecule has 2 aliphatic heterocycles. The van der Waals surface area contributed by atoms with Crippen LogP contribution in [0.3, 0.4) is 0 Å². The maximum atomic E-state index is 5.07. The Bertz CT molecular complexity index is 743. The summed E-state index contributed by atoms with van der Waals surface area (Å²) in [4.78, 5) is 18.7. The average molecular weight is 340 g/mol. The quantitative estimate of drug-likeness (QED) is 0.841. The van der Waals surface area contributed by atoms with Crippen molar-refractivity contribution >= 4 is 5.95 Å². The first-order valence-corrected chi connectivity index (χ1v) is 9.29. The molecule has 6 nitrogen and oxygen atoms in total. The summed E-state index contributed by atoms with van der Waals surface area (Å²) >= 11 is 0. The number of aryl methyl sites for hydroxylation is 1. The number of piperidine rings is 1. The smallest absolute Gasteiger partial charge is 0.225 e. The molecule has 0 amide bonds. The first-order valence-electron chi connectivity index (χ1n) is 9.29. The molecule has 1 spiro atoms. The van der Waals surface area contributed by atoms with E-state index in [1.165, 1.54) is 11.4 Å². The Morgan fingerprint density at radius 2 is 1.80 bits per heavy atom. The van der Waals surface area contributed by atoms with E-state index in [1.54, 1.807) is 0 Å². The third kappa shape index (κ3) is 2.72. The van der Waals surface area contributed by atoms with Crippen molar-refractivity contribution in [3.05, 3.63) is 35.7 Å². The fraction of sp³-hybridized carbons (Fsp3) is 0.632.